The van der Waals surface area contributed by atoms with E-state index >= 15 is 0 Å². The first-order valence-corrected chi connectivity index (χ1v) is 7.34. The number of rotatable bonds is 5. The number of aromatic amines is 1. The summed E-state index contributed by atoms with van der Waals surface area (Å²) in [5.41, 5.74) is 8.02. The van der Waals surface area contributed by atoms with Gasteiger partial charge in [0.15, 0.2) is 11.5 Å². The number of para-hydroxylation sites is 3. The number of ether oxygens (including phenoxy) is 2. The van der Waals surface area contributed by atoms with Crippen LogP contribution in [-0.2, 0) is 11.2 Å². The number of aromatic nitrogens is 1. The van der Waals surface area contributed by atoms with Crippen molar-refractivity contribution in [2.45, 2.75) is 12.5 Å². The number of H-pyrrole nitrogens is 1. The topological polar surface area (TPSA) is 77.3 Å². The van der Waals surface area contributed by atoms with Crippen LogP contribution in [0.5, 0.6) is 11.5 Å². The Hall–Kier alpha value is -2.79. The molecule has 1 aromatic heterocycles. The molecule has 5 heteroatoms. The van der Waals surface area contributed by atoms with Gasteiger partial charge in [0.05, 0.1) is 7.11 Å². The average molecular weight is 310 g/mol. The predicted molar refractivity (Wildman–Crippen MR) is 88.6 cm³/mol. The highest BCUT2D eigenvalue weighted by molar-refractivity contribution is 5.85. The average Bonchev–Trinajstić information content (AvgIpc) is 2.98. The molecular formula is C18H18N2O3. The highest BCUT2D eigenvalue weighted by Crippen LogP contribution is 2.26. The summed E-state index contributed by atoms with van der Waals surface area (Å²) in [4.78, 5) is 15.4. The van der Waals surface area contributed by atoms with Gasteiger partial charge in [0.1, 0.15) is 6.04 Å². The van der Waals surface area contributed by atoms with Crippen LogP contribution >= 0.6 is 0 Å². The fourth-order valence-corrected chi connectivity index (χ4v) is 2.51. The van der Waals surface area contributed by atoms with Crippen LogP contribution in [0.1, 0.15) is 5.56 Å². The number of benzene rings is 2. The lowest BCUT2D eigenvalue weighted by molar-refractivity contribution is -0.135. The zero-order valence-corrected chi connectivity index (χ0v) is 12.8. The van der Waals surface area contributed by atoms with Gasteiger partial charge in [0.25, 0.3) is 0 Å². The highest BCUT2D eigenvalue weighted by Gasteiger charge is 2.19. The van der Waals surface area contributed by atoms with Gasteiger partial charge in [0.2, 0.25) is 0 Å². The molecule has 0 saturated heterocycles. The first-order chi connectivity index (χ1) is 11.2. The Morgan fingerprint density at radius 2 is 1.83 bits per heavy atom. The standard InChI is InChI=1S/C18H18N2O3/c1-22-16-8-4-5-9-17(16)23-18(21)14(19)10-12-11-20-15-7-3-2-6-13(12)15/h2-9,11,14,20H,10,19H2,1H3. The molecule has 23 heavy (non-hydrogen) atoms. The fourth-order valence-electron chi connectivity index (χ4n) is 2.51. The minimum Gasteiger partial charge on any atom is -0.493 e. The van der Waals surface area contributed by atoms with Gasteiger partial charge in [0, 0.05) is 23.5 Å². The molecule has 0 bridgehead atoms. The molecule has 0 aliphatic heterocycles. The molecule has 0 fully saturated rings. The van der Waals surface area contributed by atoms with E-state index in [1.54, 1.807) is 18.2 Å². The molecule has 3 N–H and O–H groups in total. The third kappa shape index (κ3) is 3.19. The maximum atomic E-state index is 12.2. The third-order valence-corrected chi connectivity index (χ3v) is 3.70. The number of hydrogen-bond acceptors (Lipinski definition) is 4. The number of fused-ring (bicyclic) bond motifs is 1. The van der Waals surface area contributed by atoms with Crippen LogP contribution in [0, 0.1) is 0 Å². The maximum absolute atomic E-state index is 12.2. The van der Waals surface area contributed by atoms with E-state index in [4.69, 9.17) is 15.2 Å². The smallest absolute Gasteiger partial charge is 0.328 e. The molecule has 0 radical (unpaired) electrons. The second-order valence-corrected chi connectivity index (χ2v) is 5.24. The van der Waals surface area contributed by atoms with E-state index in [9.17, 15) is 4.79 Å². The van der Waals surface area contributed by atoms with Crippen LogP contribution in [0.2, 0.25) is 0 Å². The molecule has 3 rings (SSSR count). The van der Waals surface area contributed by atoms with Gasteiger partial charge < -0.3 is 20.2 Å². The van der Waals surface area contributed by atoms with Gasteiger partial charge in [-0.15, -0.1) is 0 Å². The molecule has 2 aromatic carbocycles. The van der Waals surface area contributed by atoms with Crippen molar-refractivity contribution in [3.8, 4) is 11.5 Å². The molecule has 0 amide bonds. The van der Waals surface area contributed by atoms with Crippen molar-refractivity contribution in [2.24, 2.45) is 5.73 Å². The first-order valence-electron chi connectivity index (χ1n) is 7.34. The van der Waals surface area contributed by atoms with Crippen molar-refractivity contribution in [3.05, 3.63) is 60.3 Å². The normalized spacial score (nSPS) is 12.1. The monoisotopic (exact) mass is 310 g/mol. The minimum absolute atomic E-state index is 0.370. The number of esters is 1. The maximum Gasteiger partial charge on any atom is 0.328 e. The Labute approximate surface area is 134 Å². The third-order valence-electron chi connectivity index (χ3n) is 3.70. The Morgan fingerprint density at radius 1 is 1.13 bits per heavy atom. The van der Waals surface area contributed by atoms with Crippen molar-refractivity contribution in [3.63, 3.8) is 0 Å². The molecule has 0 saturated carbocycles. The summed E-state index contributed by atoms with van der Waals surface area (Å²) in [6.45, 7) is 0. The van der Waals surface area contributed by atoms with E-state index in [-0.39, 0.29) is 0 Å². The Bertz CT molecular complexity index is 826. The predicted octanol–water partition coefficient (Wildman–Crippen LogP) is 2.65. The second-order valence-electron chi connectivity index (χ2n) is 5.24. The summed E-state index contributed by atoms with van der Waals surface area (Å²) in [6.07, 6.45) is 2.28. The van der Waals surface area contributed by atoms with Gasteiger partial charge in [-0.2, -0.15) is 0 Å². The van der Waals surface area contributed by atoms with Crippen molar-refractivity contribution in [2.75, 3.05) is 7.11 Å². The number of nitrogens with one attached hydrogen (secondary N) is 1. The van der Waals surface area contributed by atoms with Gasteiger partial charge in [-0.25, -0.2) is 4.79 Å². The van der Waals surface area contributed by atoms with Crippen LogP contribution in [0.3, 0.4) is 0 Å². The van der Waals surface area contributed by atoms with Crippen LogP contribution in [0.15, 0.2) is 54.7 Å². The van der Waals surface area contributed by atoms with Crippen molar-refractivity contribution in [1.29, 1.82) is 0 Å². The number of hydrogen-bond donors (Lipinski definition) is 2. The van der Waals surface area contributed by atoms with E-state index < -0.39 is 12.0 Å². The number of carbonyl (C=O) groups excluding carboxylic acids is 1. The van der Waals surface area contributed by atoms with E-state index in [0.717, 1.165) is 16.5 Å². The summed E-state index contributed by atoms with van der Waals surface area (Å²) >= 11 is 0. The lowest BCUT2D eigenvalue weighted by Gasteiger charge is -2.13. The Balaban J connectivity index is 1.73. The Kier molecular flexibility index (Phi) is 4.30. The molecule has 1 heterocycles. The van der Waals surface area contributed by atoms with Gasteiger partial charge in [-0.1, -0.05) is 30.3 Å². The molecular weight excluding hydrogens is 292 g/mol. The zero-order valence-electron chi connectivity index (χ0n) is 12.8. The summed E-state index contributed by atoms with van der Waals surface area (Å²) < 4.78 is 10.5. The molecule has 3 aromatic rings. The second kappa shape index (κ2) is 6.54. The minimum atomic E-state index is -0.751. The highest BCUT2D eigenvalue weighted by atomic mass is 16.6. The van der Waals surface area contributed by atoms with Gasteiger partial charge in [-0.3, -0.25) is 0 Å². The molecule has 1 unspecified atom stereocenters. The van der Waals surface area contributed by atoms with Crippen molar-refractivity contribution >= 4 is 16.9 Å². The summed E-state index contributed by atoms with van der Waals surface area (Å²) in [7, 11) is 1.53. The van der Waals surface area contributed by atoms with Crippen LogP contribution in [-0.4, -0.2) is 24.1 Å². The molecule has 1 atom stereocenters. The number of carbonyl (C=O) groups is 1. The summed E-state index contributed by atoms with van der Waals surface area (Å²) in [5, 5.41) is 1.06. The summed E-state index contributed by atoms with van der Waals surface area (Å²) in [6, 6.07) is 14.1. The van der Waals surface area contributed by atoms with E-state index in [0.29, 0.717) is 17.9 Å². The van der Waals surface area contributed by atoms with Gasteiger partial charge in [-0.05, 0) is 23.8 Å². The van der Waals surface area contributed by atoms with Crippen LogP contribution in [0.25, 0.3) is 10.9 Å². The van der Waals surface area contributed by atoms with Crippen molar-refractivity contribution in [1.82, 2.24) is 4.98 Å². The largest absolute Gasteiger partial charge is 0.493 e. The first kappa shape index (κ1) is 15.1. The Morgan fingerprint density at radius 3 is 2.61 bits per heavy atom. The molecule has 0 aliphatic rings. The zero-order chi connectivity index (χ0) is 16.2. The lowest BCUT2D eigenvalue weighted by atomic mass is 10.1. The van der Waals surface area contributed by atoms with Crippen LogP contribution in [0.4, 0.5) is 0 Å². The van der Waals surface area contributed by atoms with E-state index in [2.05, 4.69) is 4.98 Å². The van der Waals surface area contributed by atoms with Crippen molar-refractivity contribution < 1.29 is 14.3 Å². The molecule has 0 spiro atoms. The number of nitrogens with two attached hydrogens (primary N) is 1. The van der Waals surface area contributed by atoms with E-state index in [1.165, 1.54) is 7.11 Å². The quantitative estimate of drug-likeness (QED) is 0.561. The summed E-state index contributed by atoms with van der Waals surface area (Å²) in [5.74, 6) is 0.384. The number of methoxy groups -OCH3 is 1. The van der Waals surface area contributed by atoms with Crippen LogP contribution < -0.4 is 15.2 Å². The van der Waals surface area contributed by atoms with Gasteiger partial charge >= 0.3 is 5.97 Å². The molecule has 0 aliphatic carbocycles. The molecule has 118 valence electrons. The SMILES string of the molecule is COc1ccccc1OC(=O)C(N)Cc1c[nH]c2ccccc12. The molecule has 5 nitrogen and oxygen atoms in total. The van der Waals surface area contributed by atoms with E-state index in [1.807, 2.05) is 36.5 Å². The fraction of sp³-hybridized carbons (Fsp3) is 0.167. The lowest BCUT2D eigenvalue weighted by Crippen LogP contribution is -2.36.